The normalized spacial score (nSPS) is 12.4. The maximum atomic E-state index is 6.57. The minimum atomic E-state index is 0.593. The molecule has 4 heteroatoms. The highest BCUT2D eigenvalue weighted by molar-refractivity contribution is 6.13. The summed E-state index contributed by atoms with van der Waals surface area (Å²) in [6.07, 6.45) is 6.61. The molecule has 0 saturated heterocycles. The number of fused-ring (bicyclic) bond motifs is 5. The van der Waals surface area contributed by atoms with Crippen LogP contribution in [0.15, 0.2) is 186 Å². The largest absolute Gasteiger partial charge is 0.456 e. The van der Waals surface area contributed by atoms with Crippen molar-refractivity contribution < 1.29 is 4.42 Å². The van der Waals surface area contributed by atoms with E-state index in [-0.39, 0.29) is 0 Å². The van der Waals surface area contributed by atoms with Crippen molar-refractivity contribution in [2.75, 3.05) is 0 Å². The zero-order chi connectivity index (χ0) is 37.7. The van der Waals surface area contributed by atoms with Gasteiger partial charge < -0.3 is 4.42 Å². The summed E-state index contributed by atoms with van der Waals surface area (Å²) < 4.78 is 6.57. The first-order valence-electron chi connectivity index (χ1n) is 19.5. The van der Waals surface area contributed by atoms with Crippen LogP contribution in [0.3, 0.4) is 0 Å². The molecule has 268 valence electrons. The molecule has 1 aliphatic carbocycles. The van der Waals surface area contributed by atoms with Crippen LogP contribution in [0.25, 0.3) is 106 Å². The average molecular weight is 730 g/mol. The fraction of sp³-hybridized carbons (Fsp3) is 0.0377. The number of hydrogen-bond acceptors (Lipinski definition) is 4. The van der Waals surface area contributed by atoms with Crippen LogP contribution in [0.5, 0.6) is 0 Å². The predicted octanol–water partition coefficient (Wildman–Crippen LogP) is 13.9. The van der Waals surface area contributed by atoms with Crippen LogP contribution in [0.1, 0.15) is 17.5 Å². The summed E-state index contributed by atoms with van der Waals surface area (Å²) in [6, 6.07) is 61.8. The van der Waals surface area contributed by atoms with Crippen molar-refractivity contribution in [1.82, 2.24) is 15.0 Å². The number of rotatable bonds is 6. The topological polar surface area (TPSA) is 51.8 Å². The van der Waals surface area contributed by atoms with Crippen LogP contribution >= 0.6 is 0 Å². The lowest BCUT2D eigenvalue weighted by Gasteiger charge is -2.16. The van der Waals surface area contributed by atoms with Crippen LogP contribution < -0.4 is 0 Å². The number of furan rings is 1. The SMILES string of the molecule is C1=Cc2cccc(-c3ccc(-c4nc(-c5ccc6ccccc6c5)nc(-c5cc(-c6ccc(-c7ccccc7)cc6)cc6oc7ccccc7c56)n4)cc3)c2CC1. The first-order chi connectivity index (χ1) is 28.2. The number of para-hydroxylation sites is 1. The molecule has 10 aromatic rings. The van der Waals surface area contributed by atoms with Gasteiger partial charge >= 0.3 is 0 Å². The second-order valence-corrected chi connectivity index (χ2v) is 14.7. The number of benzene rings is 8. The summed E-state index contributed by atoms with van der Waals surface area (Å²) in [5, 5.41) is 4.30. The van der Waals surface area contributed by atoms with Crippen molar-refractivity contribution in [3.63, 3.8) is 0 Å². The summed E-state index contributed by atoms with van der Waals surface area (Å²) in [6.45, 7) is 0. The van der Waals surface area contributed by atoms with E-state index in [2.05, 4.69) is 170 Å². The lowest BCUT2D eigenvalue weighted by molar-refractivity contribution is 0.669. The zero-order valence-corrected chi connectivity index (χ0v) is 31.1. The number of allylic oxidation sites excluding steroid dienone is 1. The van der Waals surface area contributed by atoms with Gasteiger partial charge in [-0.1, -0.05) is 164 Å². The molecule has 0 unspecified atom stereocenters. The van der Waals surface area contributed by atoms with E-state index in [9.17, 15) is 0 Å². The third-order valence-electron chi connectivity index (χ3n) is 11.2. The van der Waals surface area contributed by atoms with E-state index in [0.717, 1.165) is 68.0 Å². The molecule has 0 N–H and O–H groups in total. The maximum Gasteiger partial charge on any atom is 0.164 e. The summed E-state index contributed by atoms with van der Waals surface area (Å²) in [4.78, 5) is 15.7. The summed E-state index contributed by atoms with van der Waals surface area (Å²) in [5.74, 6) is 1.83. The molecule has 0 amide bonds. The lowest BCUT2D eigenvalue weighted by atomic mass is 9.89. The van der Waals surface area contributed by atoms with Crippen LogP contribution in [0.2, 0.25) is 0 Å². The van der Waals surface area contributed by atoms with Crippen molar-refractivity contribution >= 4 is 38.8 Å². The first-order valence-corrected chi connectivity index (χ1v) is 19.5. The van der Waals surface area contributed by atoms with Gasteiger partial charge in [-0.2, -0.15) is 0 Å². The Morgan fingerprint density at radius 1 is 0.404 bits per heavy atom. The van der Waals surface area contributed by atoms with Crippen molar-refractivity contribution in [1.29, 1.82) is 0 Å². The molecule has 0 bridgehead atoms. The average Bonchev–Trinajstić information content (AvgIpc) is 3.67. The van der Waals surface area contributed by atoms with Gasteiger partial charge in [-0.15, -0.1) is 0 Å². The summed E-state index contributed by atoms with van der Waals surface area (Å²) in [5.41, 5.74) is 14.0. The van der Waals surface area contributed by atoms with Gasteiger partial charge in [0, 0.05) is 27.5 Å². The Hall–Kier alpha value is -7.43. The minimum Gasteiger partial charge on any atom is -0.456 e. The molecule has 2 aromatic heterocycles. The highest BCUT2D eigenvalue weighted by Gasteiger charge is 2.20. The van der Waals surface area contributed by atoms with E-state index in [1.165, 1.54) is 38.8 Å². The Labute approximate surface area is 330 Å². The van der Waals surface area contributed by atoms with Crippen LogP contribution in [0.4, 0.5) is 0 Å². The Morgan fingerprint density at radius 2 is 1.05 bits per heavy atom. The second kappa shape index (κ2) is 13.7. The van der Waals surface area contributed by atoms with E-state index in [4.69, 9.17) is 19.4 Å². The molecular formula is C53H35N3O. The van der Waals surface area contributed by atoms with Gasteiger partial charge in [0.2, 0.25) is 0 Å². The van der Waals surface area contributed by atoms with Crippen LogP contribution in [0, 0.1) is 0 Å². The lowest BCUT2D eigenvalue weighted by Crippen LogP contribution is -2.01. The number of aromatic nitrogens is 3. The van der Waals surface area contributed by atoms with Gasteiger partial charge in [0.1, 0.15) is 11.2 Å². The molecule has 0 saturated carbocycles. The molecule has 4 nitrogen and oxygen atoms in total. The molecule has 0 aliphatic heterocycles. The van der Waals surface area contributed by atoms with Crippen molar-refractivity contribution in [3.05, 3.63) is 193 Å². The van der Waals surface area contributed by atoms with E-state index in [0.29, 0.717) is 17.5 Å². The monoisotopic (exact) mass is 729 g/mol. The minimum absolute atomic E-state index is 0.593. The molecule has 1 aliphatic rings. The molecule has 2 heterocycles. The standard InChI is InChI=1S/C53H35N3O/c1-2-11-34(12-3-1)36-21-23-37(24-22-36)43-32-47(50-46-18-8-9-20-48(46)57-49(50)33-43)53-55-51(54-52(56-53)42-30-25-35-13-4-5-15-41(35)31-42)40-28-26-39(27-29-40)45-19-10-16-38-14-6-7-17-44(38)45/h1-6,8-16,18-33H,7,17H2. The third-order valence-corrected chi connectivity index (χ3v) is 11.2. The fourth-order valence-electron chi connectivity index (χ4n) is 8.31. The molecule has 57 heavy (non-hydrogen) atoms. The molecule has 0 spiro atoms. The van der Waals surface area contributed by atoms with Crippen LogP contribution in [-0.4, -0.2) is 15.0 Å². The maximum absolute atomic E-state index is 6.57. The number of hydrogen-bond donors (Lipinski definition) is 0. The molecule has 0 atom stereocenters. The second-order valence-electron chi connectivity index (χ2n) is 14.7. The van der Waals surface area contributed by atoms with E-state index < -0.39 is 0 Å². The van der Waals surface area contributed by atoms with Gasteiger partial charge in [-0.25, -0.2) is 15.0 Å². The van der Waals surface area contributed by atoms with Gasteiger partial charge in [0.05, 0.1) is 0 Å². The molecule has 11 rings (SSSR count). The third kappa shape index (κ3) is 5.99. The quantitative estimate of drug-likeness (QED) is 0.171. The van der Waals surface area contributed by atoms with Crippen LogP contribution in [-0.2, 0) is 6.42 Å². The Morgan fingerprint density at radius 3 is 1.89 bits per heavy atom. The van der Waals surface area contributed by atoms with E-state index in [1.54, 1.807) is 0 Å². The van der Waals surface area contributed by atoms with Gasteiger partial charge in [0.15, 0.2) is 17.5 Å². The molecular weight excluding hydrogens is 695 g/mol. The smallest absolute Gasteiger partial charge is 0.164 e. The Bertz CT molecular complexity index is 3160. The van der Waals surface area contributed by atoms with Crippen molar-refractivity contribution in [2.24, 2.45) is 0 Å². The predicted molar refractivity (Wildman–Crippen MR) is 235 cm³/mol. The molecule has 0 radical (unpaired) electrons. The van der Waals surface area contributed by atoms with Crippen molar-refractivity contribution in [3.8, 4) is 67.5 Å². The summed E-state index contributed by atoms with van der Waals surface area (Å²) in [7, 11) is 0. The van der Waals surface area contributed by atoms with E-state index in [1.807, 2.05) is 18.2 Å². The van der Waals surface area contributed by atoms with Gasteiger partial charge in [-0.05, 0) is 92.4 Å². The van der Waals surface area contributed by atoms with Crippen molar-refractivity contribution in [2.45, 2.75) is 12.8 Å². The number of nitrogens with zero attached hydrogens (tertiary/aromatic N) is 3. The van der Waals surface area contributed by atoms with E-state index >= 15 is 0 Å². The Balaban J connectivity index is 1.10. The highest BCUT2D eigenvalue weighted by atomic mass is 16.3. The first kappa shape index (κ1) is 33.0. The van der Waals surface area contributed by atoms with Gasteiger partial charge in [0.25, 0.3) is 0 Å². The summed E-state index contributed by atoms with van der Waals surface area (Å²) >= 11 is 0. The highest BCUT2D eigenvalue weighted by Crippen LogP contribution is 2.41. The molecule has 8 aromatic carbocycles. The molecule has 0 fully saturated rings. The Kier molecular flexibility index (Phi) is 7.92. The van der Waals surface area contributed by atoms with Gasteiger partial charge in [-0.3, -0.25) is 0 Å². The zero-order valence-electron chi connectivity index (χ0n) is 31.1. The fourth-order valence-corrected chi connectivity index (χ4v) is 8.31.